The van der Waals surface area contributed by atoms with Crippen LogP contribution in [0.25, 0.3) is 0 Å². The Balaban J connectivity index is 2.58. The lowest BCUT2D eigenvalue weighted by atomic mass is 9.99. The number of hydrogen-bond donors (Lipinski definition) is 3. The van der Waals surface area contributed by atoms with Crippen LogP contribution in [0.1, 0.15) is 57.1 Å². The normalized spacial score (nSPS) is 13.3. The maximum atomic E-state index is 12.2. The van der Waals surface area contributed by atoms with E-state index >= 15 is 0 Å². The van der Waals surface area contributed by atoms with Crippen molar-refractivity contribution in [3.8, 4) is 0 Å². The molecule has 1 rings (SSSR count). The van der Waals surface area contributed by atoms with Gasteiger partial charge in [-0.05, 0) is 56.0 Å². The highest BCUT2D eigenvalue weighted by Gasteiger charge is 2.22. The minimum absolute atomic E-state index is 0.0769. The highest BCUT2D eigenvalue weighted by molar-refractivity contribution is 5.94. The summed E-state index contributed by atoms with van der Waals surface area (Å²) in [5.41, 5.74) is 2.83. The molecule has 1 aromatic rings. The highest BCUT2D eigenvalue weighted by atomic mass is 16.4. The molecule has 0 unspecified atom stereocenters. The van der Waals surface area contributed by atoms with Gasteiger partial charge >= 0.3 is 5.97 Å². The summed E-state index contributed by atoms with van der Waals surface area (Å²) < 4.78 is 0. The zero-order chi connectivity index (χ0) is 18.8. The van der Waals surface area contributed by atoms with Gasteiger partial charge in [0.25, 0.3) is 0 Å². The summed E-state index contributed by atoms with van der Waals surface area (Å²) in [7, 11) is 0. The summed E-state index contributed by atoms with van der Waals surface area (Å²) in [5, 5.41) is 15.3. The number of amides is 1. The molecule has 0 spiro atoms. The number of rotatable bonds is 11. The van der Waals surface area contributed by atoms with E-state index in [-0.39, 0.29) is 12.3 Å². The predicted molar refractivity (Wildman–Crippen MR) is 102 cm³/mol. The van der Waals surface area contributed by atoms with Crippen LogP contribution in [-0.2, 0) is 9.59 Å². The average molecular weight is 348 g/mol. The first-order valence-electron chi connectivity index (χ1n) is 9.20. The predicted octanol–water partition coefficient (Wildman–Crippen LogP) is 3.89. The van der Waals surface area contributed by atoms with Gasteiger partial charge in [0.15, 0.2) is 0 Å². The van der Waals surface area contributed by atoms with Gasteiger partial charge in [-0.25, -0.2) is 0 Å². The van der Waals surface area contributed by atoms with Crippen LogP contribution >= 0.6 is 0 Å². The van der Waals surface area contributed by atoms with Crippen molar-refractivity contribution in [3.63, 3.8) is 0 Å². The van der Waals surface area contributed by atoms with Crippen molar-refractivity contribution in [2.45, 2.75) is 65.8 Å². The maximum Gasteiger partial charge on any atom is 0.321 e. The minimum atomic E-state index is -0.985. The van der Waals surface area contributed by atoms with Crippen molar-refractivity contribution < 1.29 is 14.7 Å². The minimum Gasteiger partial charge on any atom is -0.480 e. The van der Waals surface area contributed by atoms with Crippen LogP contribution in [0, 0.1) is 19.8 Å². The van der Waals surface area contributed by atoms with E-state index in [1.807, 2.05) is 32.0 Å². The molecule has 0 saturated carbocycles. The van der Waals surface area contributed by atoms with Crippen molar-refractivity contribution in [1.82, 2.24) is 5.32 Å². The summed E-state index contributed by atoms with van der Waals surface area (Å²) in [5.74, 6) is -0.822. The molecule has 1 amide bonds. The molecule has 25 heavy (non-hydrogen) atoms. The second-order valence-corrected chi connectivity index (χ2v) is 6.84. The van der Waals surface area contributed by atoms with E-state index in [2.05, 4.69) is 24.5 Å². The van der Waals surface area contributed by atoms with Gasteiger partial charge in [-0.15, -0.1) is 0 Å². The van der Waals surface area contributed by atoms with E-state index in [9.17, 15) is 14.7 Å². The van der Waals surface area contributed by atoms with Crippen LogP contribution in [0.3, 0.4) is 0 Å². The fourth-order valence-electron chi connectivity index (χ4n) is 2.94. The van der Waals surface area contributed by atoms with Gasteiger partial charge in [0, 0.05) is 5.69 Å². The van der Waals surface area contributed by atoms with Crippen molar-refractivity contribution in [2.75, 3.05) is 11.9 Å². The molecule has 0 aromatic heterocycles. The third kappa shape index (κ3) is 8.16. The molecule has 3 N–H and O–H groups in total. The Morgan fingerprint density at radius 2 is 1.76 bits per heavy atom. The highest BCUT2D eigenvalue weighted by Crippen LogP contribution is 2.15. The van der Waals surface area contributed by atoms with Crippen molar-refractivity contribution in [1.29, 1.82) is 0 Å². The lowest BCUT2D eigenvalue weighted by Crippen LogP contribution is -2.42. The van der Waals surface area contributed by atoms with Crippen LogP contribution < -0.4 is 10.6 Å². The molecule has 0 heterocycles. The van der Waals surface area contributed by atoms with E-state index in [0.29, 0.717) is 18.2 Å². The molecule has 0 fully saturated rings. The maximum absolute atomic E-state index is 12.2. The fourth-order valence-corrected chi connectivity index (χ4v) is 2.94. The zero-order valence-corrected chi connectivity index (χ0v) is 15.9. The molecule has 0 aliphatic carbocycles. The molecule has 140 valence electrons. The standard InChI is InChI=1S/C20H32N2O3/c1-5-7-8-16(6-2)13-21-18(20(24)25)12-19(23)22-17-10-14(3)9-15(4)11-17/h9-11,16,18,21H,5-8,12-13H2,1-4H3,(H,22,23)(H,24,25)/t16-,18+/m0/s1. The Hall–Kier alpha value is -1.88. The van der Waals surface area contributed by atoms with Gasteiger partial charge in [0.2, 0.25) is 5.91 Å². The number of benzene rings is 1. The van der Waals surface area contributed by atoms with Crippen molar-refractivity contribution in [2.24, 2.45) is 5.92 Å². The molecule has 0 radical (unpaired) electrons. The second-order valence-electron chi connectivity index (χ2n) is 6.84. The fraction of sp³-hybridized carbons (Fsp3) is 0.600. The van der Waals surface area contributed by atoms with Crippen molar-refractivity contribution in [3.05, 3.63) is 29.3 Å². The van der Waals surface area contributed by atoms with E-state index in [1.165, 1.54) is 0 Å². The first kappa shape index (κ1) is 21.2. The number of hydrogen-bond acceptors (Lipinski definition) is 3. The topological polar surface area (TPSA) is 78.4 Å². The summed E-state index contributed by atoms with van der Waals surface area (Å²) in [6.07, 6.45) is 4.30. The van der Waals surface area contributed by atoms with Gasteiger partial charge in [-0.1, -0.05) is 39.2 Å². The monoisotopic (exact) mass is 348 g/mol. The number of carboxylic acid groups (broad SMARTS) is 1. The molecule has 5 heteroatoms. The first-order valence-corrected chi connectivity index (χ1v) is 9.20. The Morgan fingerprint density at radius 3 is 2.28 bits per heavy atom. The Morgan fingerprint density at radius 1 is 1.12 bits per heavy atom. The number of unbranched alkanes of at least 4 members (excludes halogenated alkanes) is 1. The smallest absolute Gasteiger partial charge is 0.321 e. The third-order valence-electron chi connectivity index (χ3n) is 4.39. The molecule has 5 nitrogen and oxygen atoms in total. The molecule has 0 aliphatic heterocycles. The molecular formula is C20H32N2O3. The Labute approximate surface area is 151 Å². The van der Waals surface area contributed by atoms with Gasteiger partial charge in [-0.2, -0.15) is 0 Å². The summed E-state index contributed by atoms with van der Waals surface area (Å²) in [4.78, 5) is 23.7. The van der Waals surface area contributed by atoms with Crippen LogP contribution in [0.15, 0.2) is 18.2 Å². The summed E-state index contributed by atoms with van der Waals surface area (Å²) >= 11 is 0. The quantitative estimate of drug-likeness (QED) is 0.567. The number of nitrogens with one attached hydrogen (secondary N) is 2. The Kier molecular flexibility index (Phi) is 9.21. The van der Waals surface area contributed by atoms with Gasteiger partial charge in [0.1, 0.15) is 6.04 Å². The lowest BCUT2D eigenvalue weighted by molar-refractivity contribution is -0.141. The summed E-state index contributed by atoms with van der Waals surface area (Å²) in [6.45, 7) is 8.82. The van der Waals surface area contributed by atoms with Crippen LogP contribution in [0.5, 0.6) is 0 Å². The lowest BCUT2D eigenvalue weighted by Gasteiger charge is -2.19. The van der Waals surface area contributed by atoms with Gasteiger partial charge < -0.3 is 15.7 Å². The number of carbonyl (C=O) groups is 2. The second kappa shape index (κ2) is 10.9. The zero-order valence-electron chi connectivity index (χ0n) is 15.9. The van der Waals surface area contributed by atoms with Crippen LogP contribution in [-0.4, -0.2) is 29.6 Å². The molecule has 2 atom stereocenters. The first-order chi connectivity index (χ1) is 11.8. The number of aryl methyl sites for hydroxylation is 2. The average Bonchev–Trinajstić information content (AvgIpc) is 2.52. The third-order valence-corrected chi connectivity index (χ3v) is 4.39. The molecule has 0 aliphatic rings. The molecule has 0 bridgehead atoms. The SMILES string of the molecule is CCCC[C@H](CC)CN[C@H](CC(=O)Nc1cc(C)cc(C)c1)C(=O)O. The number of aliphatic carboxylic acids is 1. The van der Waals surface area contributed by atoms with Crippen LogP contribution in [0.4, 0.5) is 5.69 Å². The number of anilines is 1. The van der Waals surface area contributed by atoms with Gasteiger partial charge in [0.05, 0.1) is 6.42 Å². The Bertz CT molecular complexity index is 552. The molecule has 0 saturated heterocycles. The molecular weight excluding hydrogens is 316 g/mol. The van der Waals surface area contributed by atoms with E-state index in [1.54, 1.807) is 0 Å². The molecule has 1 aromatic carbocycles. The summed E-state index contributed by atoms with van der Waals surface area (Å²) in [6, 6.07) is 4.93. The van der Waals surface area contributed by atoms with E-state index in [4.69, 9.17) is 0 Å². The van der Waals surface area contributed by atoms with E-state index < -0.39 is 12.0 Å². The largest absolute Gasteiger partial charge is 0.480 e. The number of carboxylic acids is 1. The van der Waals surface area contributed by atoms with Gasteiger partial charge in [-0.3, -0.25) is 9.59 Å². The van der Waals surface area contributed by atoms with E-state index in [0.717, 1.165) is 36.8 Å². The number of carbonyl (C=O) groups excluding carboxylic acids is 1. The van der Waals surface area contributed by atoms with Crippen molar-refractivity contribution >= 4 is 17.6 Å². The van der Waals surface area contributed by atoms with Crippen LogP contribution in [0.2, 0.25) is 0 Å².